The number of pyridine rings is 1. The topological polar surface area (TPSA) is 48.4 Å². The van der Waals surface area contributed by atoms with Crippen LogP contribution >= 0.6 is 0 Å². The molecular weight excluding hydrogens is 289 g/mol. The van der Waals surface area contributed by atoms with Crippen LogP contribution < -0.4 is 4.74 Å². The lowest BCUT2D eigenvalue weighted by Crippen LogP contribution is -2.17. The van der Waals surface area contributed by atoms with Crippen LogP contribution in [-0.4, -0.2) is 25.2 Å². The van der Waals surface area contributed by atoms with Crippen molar-refractivity contribution in [2.24, 2.45) is 0 Å². The molecule has 0 aromatic carbocycles. The maximum absolute atomic E-state index is 12.8. The fourth-order valence-corrected chi connectivity index (χ4v) is 1.49. The molecule has 0 saturated carbocycles. The number of methoxy groups -OCH3 is 2. The lowest BCUT2D eigenvalue weighted by atomic mass is 10.1. The van der Waals surface area contributed by atoms with Gasteiger partial charge < -0.3 is 9.47 Å². The Bertz CT molecular complexity index is 502. The number of esters is 1. The van der Waals surface area contributed by atoms with Crippen LogP contribution in [0.4, 0.5) is 22.0 Å². The standard InChI is InChI=1S/C11H10F5NO3/c1-19-6-3-5(4-7(18)20-2)17-9(11(14,15)16)8(6)10(12)13/h3,10H,4H2,1-2H3. The zero-order chi connectivity index (χ0) is 15.5. The molecule has 9 heteroatoms. The number of alkyl halides is 5. The Balaban J connectivity index is 3.44. The van der Waals surface area contributed by atoms with Gasteiger partial charge in [-0.1, -0.05) is 0 Å². The summed E-state index contributed by atoms with van der Waals surface area (Å²) in [7, 11) is 1.99. The number of nitrogens with zero attached hydrogens (tertiary/aromatic N) is 1. The number of hydrogen-bond acceptors (Lipinski definition) is 4. The molecule has 0 fully saturated rings. The molecule has 1 aromatic heterocycles. The molecule has 0 radical (unpaired) electrons. The molecule has 0 unspecified atom stereocenters. The van der Waals surface area contributed by atoms with Crippen LogP contribution in [0.2, 0.25) is 0 Å². The van der Waals surface area contributed by atoms with E-state index in [2.05, 4.69) is 14.5 Å². The van der Waals surface area contributed by atoms with Gasteiger partial charge in [-0.2, -0.15) is 13.2 Å². The van der Waals surface area contributed by atoms with Gasteiger partial charge in [-0.15, -0.1) is 0 Å². The van der Waals surface area contributed by atoms with E-state index in [0.29, 0.717) is 0 Å². The third kappa shape index (κ3) is 3.55. The van der Waals surface area contributed by atoms with Crippen LogP contribution in [0.15, 0.2) is 6.07 Å². The van der Waals surface area contributed by atoms with E-state index < -0.39 is 42.0 Å². The lowest BCUT2D eigenvalue weighted by Gasteiger charge is -2.16. The summed E-state index contributed by atoms with van der Waals surface area (Å²) in [5, 5.41) is 0. The first-order chi connectivity index (χ1) is 9.20. The zero-order valence-electron chi connectivity index (χ0n) is 10.4. The largest absolute Gasteiger partial charge is 0.496 e. The lowest BCUT2D eigenvalue weighted by molar-refractivity contribution is -0.144. The Kier molecular flexibility index (Phi) is 4.85. The minimum Gasteiger partial charge on any atom is -0.496 e. The number of rotatable bonds is 4. The molecule has 1 heterocycles. The van der Waals surface area contributed by atoms with Gasteiger partial charge in [0.05, 0.1) is 31.9 Å². The summed E-state index contributed by atoms with van der Waals surface area (Å²) >= 11 is 0. The fraction of sp³-hybridized carbons (Fsp3) is 0.455. The predicted molar refractivity (Wildman–Crippen MR) is 56.5 cm³/mol. The number of hydrogen-bond donors (Lipinski definition) is 0. The van der Waals surface area contributed by atoms with E-state index in [0.717, 1.165) is 20.3 Å². The monoisotopic (exact) mass is 299 g/mol. The van der Waals surface area contributed by atoms with Gasteiger partial charge in [-0.3, -0.25) is 4.79 Å². The Morgan fingerprint density at radius 3 is 2.35 bits per heavy atom. The molecule has 112 valence electrons. The van der Waals surface area contributed by atoms with E-state index in [-0.39, 0.29) is 5.69 Å². The van der Waals surface area contributed by atoms with Gasteiger partial charge in [0, 0.05) is 6.07 Å². The van der Waals surface area contributed by atoms with Gasteiger partial charge in [-0.05, 0) is 0 Å². The SMILES string of the molecule is COC(=O)Cc1cc(OC)c(C(F)F)c(C(F)(F)F)n1. The van der Waals surface area contributed by atoms with E-state index in [9.17, 15) is 26.7 Å². The van der Waals surface area contributed by atoms with E-state index >= 15 is 0 Å². The summed E-state index contributed by atoms with van der Waals surface area (Å²) in [4.78, 5) is 14.1. The summed E-state index contributed by atoms with van der Waals surface area (Å²) in [6.45, 7) is 0. The smallest absolute Gasteiger partial charge is 0.433 e. The molecule has 0 saturated heterocycles. The van der Waals surface area contributed by atoms with Gasteiger partial charge in [0.15, 0.2) is 5.69 Å². The molecular formula is C11H10F5NO3. The van der Waals surface area contributed by atoms with Crippen molar-refractivity contribution in [1.82, 2.24) is 4.98 Å². The third-order valence-corrected chi connectivity index (χ3v) is 2.33. The molecule has 0 bridgehead atoms. The van der Waals surface area contributed by atoms with Crippen LogP contribution in [0.25, 0.3) is 0 Å². The highest BCUT2D eigenvalue weighted by Gasteiger charge is 2.40. The van der Waals surface area contributed by atoms with Crippen molar-refractivity contribution < 1.29 is 36.2 Å². The van der Waals surface area contributed by atoms with Crippen LogP contribution in [0.1, 0.15) is 23.4 Å². The predicted octanol–water partition coefficient (Wildman–Crippen LogP) is 2.76. The quantitative estimate of drug-likeness (QED) is 0.633. The summed E-state index contributed by atoms with van der Waals surface area (Å²) in [6, 6.07) is 0.855. The van der Waals surface area contributed by atoms with Crippen LogP contribution in [0.5, 0.6) is 5.75 Å². The molecule has 0 spiro atoms. The summed E-state index contributed by atoms with van der Waals surface area (Å²) < 4.78 is 72.6. The van der Waals surface area contributed by atoms with Gasteiger partial charge in [0.1, 0.15) is 5.75 Å². The highest BCUT2D eigenvalue weighted by atomic mass is 19.4. The van der Waals surface area contributed by atoms with Crippen molar-refractivity contribution in [3.8, 4) is 5.75 Å². The summed E-state index contributed by atoms with van der Waals surface area (Å²) in [6.07, 6.45) is -9.09. The van der Waals surface area contributed by atoms with Crippen molar-refractivity contribution in [1.29, 1.82) is 0 Å². The van der Waals surface area contributed by atoms with E-state index in [1.165, 1.54) is 0 Å². The highest BCUT2D eigenvalue weighted by Crippen LogP contribution is 2.40. The maximum atomic E-state index is 12.8. The first-order valence-electron chi connectivity index (χ1n) is 5.20. The summed E-state index contributed by atoms with van der Waals surface area (Å²) in [5.74, 6) is -1.53. The highest BCUT2D eigenvalue weighted by molar-refractivity contribution is 5.72. The third-order valence-electron chi connectivity index (χ3n) is 2.33. The Morgan fingerprint density at radius 1 is 1.35 bits per heavy atom. The number of aromatic nitrogens is 1. The van der Waals surface area contributed by atoms with Crippen molar-refractivity contribution in [3.05, 3.63) is 23.0 Å². The normalized spacial score (nSPS) is 11.6. The Morgan fingerprint density at radius 2 is 1.95 bits per heavy atom. The van der Waals surface area contributed by atoms with Crippen LogP contribution in [0.3, 0.4) is 0 Å². The minimum absolute atomic E-state index is 0.370. The van der Waals surface area contributed by atoms with Crippen LogP contribution in [-0.2, 0) is 22.1 Å². The molecule has 0 N–H and O–H groups in total. The molecule has 0 amide bonds. The number of halogens is 5. The second-order valence-corrected chi connectivity index (χ2v) is 3.63. The average Bonchev–Trinajstić information content (AvgIpc) is 2.36. The molecule has 4 nitrogen and oxygen atoms in total. The fourth-order valence-electron chi connectivity index (χ4n) is 1.49. The van der Waals surface area contributed by atoms with E-state index in [1.54, 1.807) is 0 Å². The van der Waals surface area contributed by atoms with Crippen molar-refractivity contribution in [3.63, 3.8) is 0 Å². The zero-order valence-corrected chi connectivity index (χ0v) is 10.4. The number of ether oxygens (including phenoxy) is 2. The molecule has 0 aliphatic rings. The maximum Gasteiger partial charge on any atom is 0.433 e. The second-order valence-electron chi connectivity index (χ2n) is 3.63. The van der Waals surface area contributed by atoms with Crippen molar-refractivity contribution in [2.45, 2.75) is 19.0 Å². The second kappa shape index (κ2) is 6.02. The number of carbonyl (C=O) groups is 1. The average molecular weight is 299 g/mol. The van der Waals surface area contributed by atoms with Crippen molar-refractivity contribution >= 4 is 5.97 Å². The molecule has 0 aliphatic heterocycles. The molecule has 0 aliphatic carbocycles. The Hall–Kier alpha value is -1.93. The molecule has 0 atom stereocenters. The van der Waals surface area contributed by atoms with Gasteiger partial charge >= 0.3 is 12.1 Å². The number of carbonyl (C=O) groups excluding carboxylic acids is 1. The van der Waals surface area contributed by atoms with Gasteiger partial charge in [-0.25, -0.2) is 13.8 Å². The Labute approximate surface area is 110 Å². The van der Waals surface area contributed by atoms with E-state index in [4.69, 9.17) is 0 Å². The van der Waals surface area contributed by atoms with Crippen LogP contribution in [0, 0.1) is 0 Å². The molecule has 20 heavy (non-hydrogen) atoms. The van der Waals surface area contributed by atoms with Gasteiger partial charge in [0.25, 0.3) is 6.43 Å². The van der Waals surface area contributed by atoms with Crippen molar-refractivity contribution in [2.75, 3.05) is 14.2 Å². The summed E-state index contributed by atoms with van der Waals surface area (Å²) in [5.41, 5.74) is -3.50. The molecule has 1 rings (SSSR count). The van der Waals surface area contributed by atoms with Gasteiger partial charge in [0.2, 0.25) is 0 Å². The first kappa shape index (κ1) is 16.1. The minimum atomic E-state index is -5.09. The van der Waals surface area contributed by atoms with E-state index in [1.807, 2.05) is 0 Å². The molecule has 1 aromatic rings. The first-order valence-corrected chi connectivity index (χ1v) is 5.20.